The monoisotopic (exact) mass is 400 g/mol. The van der Waals surface area contributed by atoms with Gasteiger partial charge in [-0.25, -0.2) is 0 Å². The fraction of sp³-hybridized carbons (Fsp3) is 0.929. The minimum Gasteiger partial charge on any atom is -0.383 e. The van der Waals surface area contributed by atoms with Crippen molar-refractivity contribution in [3.05, 3.63) is 0 Å². The van der Waals surface area contributed by atoms with Crippen LogP contribution in [0, 0.1) is 0 Å². The largest absolute Gasteiger partial charge is 0.383 e. The van der Waals surface area contributed by atoms with Crippen molar-refractivity contribution < 1.29 is 4.74 Å². The van der Waals surface area contributed by atoms with Gasteiger partial charge in [0.15, 0.2) is 5.96 Å². The topological polar surface area (TPSA) is 48.9 Å². The average Bonchev–Trinajstić information content (AvgIpc) is 2.41. The van der Waals surface area contributed by atoms with E-state index in [2.05, 4.69) is 48.3 Å². The van der Waals surface area contributed by atoms with Gasteiger partial charge in [0.25, 0.3) is 0 Å². The lowest BCUT2D eigenvalue weighted by atomic mass is 10.3. The maximum absolute atomic E-state index is 5.06. The number of aliphatic imine (C=N–C) groups is 1. The van der Waals surface area contributed by atoms with Crippen LogP contribution in [0.3, 0.4) is 0 Å². The Bertz CT molecular complexity index is 239. The van der Waals surface area contributed by atoms with Crippen LogP contribution in [0.5, 0.6) is 0 Å². The van der Waals surface area contributed by atoms with Crippen LogP contribution in [0.2, 0.25) is 0 Å². The highest BCUT2D eigenvalue weighted by Gasteiger charge is 2.02. The van der Waals surface area contributed by atoms with Gasteiger partial charge in [0, 0.05) is 32.8 Å². The Morgan fingerprint density at radius 1 is 1.30 bits per heavy atom. The van der Waals surface area contributed by atoms with Gasteiger partial charge in [0.1, 0.15) is 0 Å². The molecule has 0 aromatic rings. The molecule has 0 bridgehead atoms. The zero-order valence-electron chi connectivity index (χ0n) is 13.7. The van der Waals surface area contributed by atoms with Crippen molar-refractivity contribution in [2.45, 2.75) is 39.7 Å². The number of hydrogen-bond acceptors (Lipinski definition) is 3. The van der Waals surface area contributed by atoms with Crippen LogP contribution >= 0.6 is 24.0 Å². The summed E-state index contributed by atoms with van der Waals surface area (Å²) in [5.74, 6) is 0.927. The third-order valence-corrected chi connectivity index (χ3v) is 2.98. The van der Waals surface area contributed by atoms with Gasteiger partial charge >= 0.3 is 0 Å². The van der Waals surface area contributed by atoms with Gasteiger partial charge in [-0.1, -0.05) is 6.92 Å². The minimum atomic E-state index is 0. The summed E-state index contributed by atoms with van der Waals surface area (Å²) in [6.07, 6.45) is 2.17. The second-order valence-corrected chi connectivity index (χ2v) is 4.86. The molecule has 0 aromatic heterocycles. The molecule has 20 heavy (non-hydrogen) atoms. The molecule has 0 radical (unpaired) electrons. The van der Waals surface area contributed by atoms with E-state index < -0.39 is 0 Å². The molecular formula is C14H33IN4O. The SMILES string of the molecule is CCNC(=NCCCN(C)CCOC)NC(C)CC.I. The fourth-order valence-corrected chi connectivity index (χ4v) is 1.55. The van der Waals surface area contributed by atoms with Gasteiger partial charge in [0.05, 0.1) is 6.61 Å². The number of methoxy groups -OCH3 is 1. The van der Waals surface area contributed by atoms with Crippen LogP contribution in [0.15, 0.2) is 4.99 Å². The molecule has 0 fully saturated rings. The Labute approximate surface area is 141 Å². The molecule has 5 nitrogen and oxygen atoms in total. The summed E-state index contributed by atoms with van der Waals surface area (Å²) in [4.78, 5) is 6.86. The van der Waals surface area contributed by atoms with Gasteiger partial charge in [-0.05, 0) is 40.3 Å². The Hall–Kier alpha value is -0.0800. The second kappa shape index (κ2) is 15.3. The molecule has 0 saturated carbocycles. The first kappa shape index (κ1) is 22.2. The first-order chi connectivity index (χ1) is 9.13. The van der Waals surface area contributed by atoms with Crippen LogP contribution < -0.4 is 10.6 Å². The molecule has 0 heterocycles. The van der Waals surface area contributed by atoms with Crippen LogP contribution in [0.25, 0.3) is 0 Å². The van der Waals surface area contributed by atoms with Crippen molar-refractivity contribution in [3.63, 3.8) is 0 Å². The third kappa shape index (κ3) is 12.9. The molecule has 1 atom stereocenters. The normalized spacial score (nSPS) is 13.0. The fourth-order valence-electron chi connectivity index (χ4n) is 1.55. The van der Waals surface area contributed by atoms with Crippen molar-refractivity contribution in [2.75, 3.05) is 46.9 Å². The van der Waals surface area contributed by atoms with Crippen molar-refractivity contribution in [1.29, 1.82) is 0 Å². The van der Waals surface area contributed by atoms with E-state index in [4.69, 9.17) is 4.74 Å². The predicted octanol–water partition coefficient (Wildman–Crippen LogP) is 1.93. The quantitative estimate of drug-likeness (QED) is 0.255. The van der Waals surface area contributed by atoms with E-state index in [1.54, 1.807) is 7.11 Å². The average molecular weight is 400 g/mol. The Morgan fingerprint density at radius 2 is 2.00 bits per heavy atom. The van der Waals surface area contributed by atoms with Crippen LogP contribution in [-0.2, 0) is 4.74 Å². The number of nitrogens with zero attached hydrogens (tertiary/aromatic N) is 2. The molecule has 0 saturated heterocycles. The smallest absolute Gasteiger partial charge is 0.191 e. The molecule has 0 rings (SSSR count). The summed E-state index contributed by atoms with van der Waals surface area (Å²) in [5, 5.41) is 6.67. The van der Waals surface area contributed by atoms with Crippen molar-refractivity contribution >= 4 is 29.9 Å². The number of ether oxygens (including phenoxy) is 1. The number of likely N-dealkylation sites (N-methyl/N-ethyl adjacent to an activating group) is 1. The molecule has 0 spiro atoms. The maximum atomic E-state index is 5.06. The summed E-state index contributed by atoms with van der Waals surface area (Å²) in [5.41, 5.74) is 0. The molecule has 2 N–H and O–H groups in total. The summed E-state index contributed by atoms with van der Waals surface area (Å²) < 4.78 is 5.06. The van der Waals surface area contributed by atoms with E-state index in [0.717, 1.165) is 51.6 Å². The van der Waals surface area contributed by atoms with Gasteiger partial charge in [0.2, 0.25) is 0 Å². The van der Waals surface area contributed by atoms with E-state index in [-0.39, 0.29) is 24.0 Å². The molecule has 122 valence electrons. The van der Waals surface area contributed by atoms with Crippen LogP contribution in [-0.4, -0.2) is 63.8 Å². The molecule has 6 heteroatoms. The Morgan fingerprint density at radius 3 is 2.55 bits per heavy atom. The summed E-state index contributed by atoms with van der Waals surface area (Å²) >= 11 is 0. The van der Waals surface area contributed by atoms with Gasteiger partial charge < -0.3 is 20.3 Å². The lowest BCUT2D eigenvalue weighted by molar-refractivity contribution is 0.161. The highest BCUT2D eigenvalue weighted by molar-refractivity contribution is 14.0. The number of guanidine groups is 1. The highest BCUT2D eigenvalue weighted by atomic mass is 127. The summed E-state index contributed by atoms with van der Waals surface area (Å²) in [6.45, 7) is 11.0. The summed E-state index contributed by atoms with van der Waals surface area (Å²) in [6, 6.07) is 0.460. The number of halogens is 1. The number of rotatable bonds is 10. The minimum absolute atomic E-state index is 0. The molecule has 0 aliphatic heterocycles. The molecular weight excluding hydrogens is 367 g/mol. The number of hydrogen-bond donors (Lipinski definition) is 2. The third-order valence-electron chi connectivity index (χ3n) is 2.98. The highest BCUT2D eigenvalue weighted by Crippen LogP contribution is 1.91. The van der Waals surface area contributed by atoms with Gasteiger partial charge in [-0.3, -0.25) is 4.99 Å². The second-order valence-electron chi connectivity index (χ2n) is 4.86. The Balaban J connectivity index is 0. The lowest BCUT2D eigenvalue weighted by Crippen LogP contribution is -2.42. The zero-order chi connectivity index (χ0) is 14.5. The Kier molecular flexibility index (Phi) is 17.0. The predicted molar refractivity (Wildman–Crippen MR) is 98.3 cm³/mol. The van der Waals surface area contributed by atoms with Crippen molar-refractivity contribution in [2.24, 2.45) is 4.99 Å². The summed E-state index contributed by atoms with van der Waals surface area (Å²) in [7, 11) is 3.85. The van der Waals surface area contributed by atoms with E-state index in [0.29, 0.717) is 6.04 Å². The molecule has 1 unspecified atom stereocenters. The van der Waals surface area contributed by atoms with E-state index in [1.165, 1.54) is 0 Å². The number of nitrogens with one attached hydrogen (secondary N) is 2. The lowest BCUT2D eigenvalue weighted by Gasteiger charge is -2.17. The van der Waals surface area contributed by atoms with E-state index in [1.807, 2.05) is 0 Å². The molecule has 0 aliphatic carbocycles. The zero-order valence-corrected chi connectivity index (χ0v) is 16.1. The van der Waals surface area contributed by atoms with E-state index in [9.17, 15) is 0 Å². The molecule has 0 aliphatic rings. The van der Waals surface area contributed by atoms with Gasteiger partial charge in [-0.15, -0.1) is 24.0 Å². The van der Waals surface area contributed by atoms with Crippen LogP contribution in [0.1, 0.15) is 33.6 Å². The van der Waals surface area contributed by atoms with Crippen LogP contribution in [0.4, 0.5) is 0 Å². The van der Waals surface area contributed by atoms with Crippen molar-refractivity contribution in [3.8, 4) is 0 Å². The molecule has 0 amide bonds. The first-order valence-electron chi connectivity index (χ1n) is 7.36. The maximum Gasteiger partial charge on any atom is 0.191 e. The van der Waals surface area contributed by atoms with Crippen molar-refractivity contribution in [1.82, 2.24) is 15.5 Å². The van der Waals surface area contributed by atoms with Gasteiger partial charge in [-0.2, -0.15) is 0 Å². The molecule has 0 aromatic carbocycles. The van der Waals surface area contributed by atoms with E-state index >= 15 is 0 Å². The first-order valence-corrected chi connectivity index (χ1v) is 7.36. The standard InChI is InChI=1S/C14H32N4O.HI/c1-6-13(3)17-14(15-7-2)16-9-8-10-18(4)11-12-19-5;/h13H,6-12H2,1-5H3,(H2,15,16,17);1H.